The normalized spacial score (nSPS) is 11.8. The predicted octanol–water partition coefficient (Wildman–Crippen LogP) is 9.21. The lowest BCUT2D eigenvalue weighted by Crippen LogP contribution is -3.02. The highest BCUT2D eigenvalue weighted by atomic mass is 19.2. The maximum atomic E-state index is 15.4. The third kappa shape index (κ3) is 12.1. The van der Waals surface area contributed by atoms with Crippen LogP contribution in [0, 0.1) is 233 Å². The number of rotatable bonds is 8. The van der Waals surface area contributed by atoms with E-state index >= 15 is 70.2 Å². The van der Waals surface area contributed by atoms with Crippen LogP contribution in [0.4, 0.5) is 176 Å². The average Bonchev–Trinajstić information content (AvgIpc) is 0.688. The van der Waals surface area contributed by atoms with Crippen LogP contribution in [0.15, 0.2) is 0 Å². The molecule has 0 aromatic heterocycles. The molecule has 0 bridgehead atoms. The summed E-state index contributed by atoms with van der Waals surface area (Å²) in [7, 11) is 12.5. The fourth-order valence-electron chi connectivity index (χ4n) is 9.75. The van der Waals surface area contributed by atoms with Crippen molar-refractivity contribution in [2.75, 3.05) is 42.3 Å². The van der Waals surface area contributed by atoms with Gasteiger partial charge < -0.3 is 9.80 Å². The Balaban J connectivity index is 0.000000319. The summed E-state index contributed by atoms with van der Waals surface area (Å²) in [5.41, 5.74) is -28.7. The summed E-state index contributed by atoms with van der Waals surface area (Å²) in [6.07, 6.45) is -14.4. The summed E-state index contributed by atoms with van der Waals surface area (Å²) in [6.45, 7) is 0. The lowest BCUT2D eigenvalue weighted by atomic mass is 9.12. The molecule has 0 radical (unpaired) electrons. The molecule has 8 aromatic carbocycles. The minimum Gasteiger partial charge on any atom is -0.342 e. The first-order valence-corrected chi connectivity index (χ1v) is 24.9. The van der Waals surface area contributed by atoms with Crippen LogP contribution >= 0.6 is 0 Å². The third-order valence-electron chi connectivity index (χ3n) is 13.4. The van der Waals surface area contributed by atoms with Gasteiger partial charge in [-0.05, 0) is 0 Å². The van der Waals surface area contributed by atoms with Gasteiger partial charge in [0.05, 0.1) is 42.3 Å². The van der Waals surface area contributed by atoms with Crippen LogP contribution in [0.2, 0.25) is 0 Å². The monoisotopic (exact) mass is 1480 g/mol. The van der Waals surface area contributed by atoms with Crippen molar-refractivity contribution >= 4 is 56.0 Å². The van der Waals surface area contributed by atoms with Crippen molar-refractivity contribution in [2.45, 2.75) is 0 Å². The molecule has 0 spiro atoms. The van der Waals surface area contributed by atoms with Gasteiger partial charge in [-0.1, -0.05) is 0 Å². The second kappa shape index (κ2) is 28.5. The summed E-state index contributed by atoms with van der Waals surface area (Å²) in [6, 6.07) is 0. The highest BCUT2D eigenvalue weighted by molar-refractivity contribution is 7.21. The number of hydrogen-bond acceptors (Lipinski definition) is 0. The molecule has 98 heavy (non-hydrogen) atoms. The Morgan fingerprint density at radius 3 is 0.204 bits per heavy atom. The van der Waals surface area contributed by atoms with Crippen molar-refractivity contribution in [3.05, 3.63) is 233 Å². The molecular weight excluding hydrogens is 1460 g/mol. The quantitative estimate of drug-likeness (QED) is 0.0651. The average molecular weight is 1480 g/mol. The second-order valence-corrected chi connectivity index (χ2v) is 20.6. The van der Waals surface area contributed by atoms with Crippen molar-refractivity contribution in [1.82, 2.24) is 0 Å². The van der Waals surface area contributed by atoms with E-state index in [9.17, 15) is 105 Å². The van der Waals surface area contributed by atoms with Crippen LogP contribution in [0.3, 0.4) is 0 Å². The zero-order valence-electron chi connectivity index (χ0n) is 47.3. The third-order valence-corrected chi connectivity index (χ3v) is 13.4. The number of nitrogens with one attached hydrogen (secondary N) is 2. The molecule has 8 aromatic rings. The van der Waals surface area contributed by atoms with Crippen LogP contribution in [0.25, 0.3) is 0 Å². The molecule has 2 nitrogen and oxygen atoms in total. The molecular formula is C54H20B2F40N2. The van der Waals surface area contributed by atoms with Gasteiger partial charge in [0, 0.05) is 0 Å². The number of hydrogen-bond donors (Lipinski definition) is 2. The van der Waals surface area contributed by atoms with Gasteiger partial charge in [-0.25, -0.2) is 176 Å². The molecule has 44 heteroatoms. The second-order valence-electron chi connectivity index (χ2n) is 20.6. The van der Waals surface area contributed by atoms with Crippen molar-refractivity contribution < 1.29 is 185 Å². The minimum atomic E-state index is -7.22. The first-order chi connectivity index (χ1) is 44.9. The lowest BCUT2D eigenvalue weighted by molar-refractivity contribution is -0.836. The van der Waals surface area contributed by atoms with Gasteiger partial charge in [0.25, 0.3) is 0 Å². The summed E-state index contributed by atoms with van der Waals surface area (Å²) < 4.78 is 588. The van der Waals surface area contributed by atoms with Gasteiger partial charge in [0.2, 0.25) is 0 Å². The van der Waals surface area contributed by atoms with Gasteiger partial charge in [0.1, 0.15) is 105 Å². The molecule has 0 saturated heterocycles. The summed E-state index contributed by atoms with van der Waals surface area (Å²) in [5.74, 6) is -143. The van der Waals surface area contributed by atoms with E-state index in [0.29, 0.717) is 0 Å². The maximum absolute atomic E-state index is 15.4. The summed E-state index contributed by atoms with van der Waals surface area (Å²) >= 11 is 0. The first kappa shape index (κ1) is 79.7. The zero-order valence-corrected chi connectivity index (χ0v) is 47.3. The number of benzene rings is 8. The highest BCUT2D eigenvalue weighted by Crippen LogP contribution is 2.34. The van der Waals surface area contributed by atoms with Crippen LogP contribution in [-0.4, -0.2) is 54.6 Å². The molecule has 0 saturated carbocycles. The molecule has 2 N–H and O–H groups in total. The van der Waals surface area contributed by atoms with E-state index in [1.54, 1.807) is 0 Å². The largest absolute Gasteiger partial charge is 0.342 e. The first-order valence-electron chi connectivity index (χ1n) is 24.9. The van der Waals surface area contributed by atoms with Gasteiger partial charge >= 0.3 is 0 Å². The topological polar surface area (TPSA) is 8.88 Å². The van der Waals surface area contributed by atoms with E-state index in [-0.39, 0.29) is 0 Å². The van der Waals surface area contributed by atoms with E-state index in [2.05, 4.69) is 42.3 Å². The SMILES string of the molecule is C[NH+](C)C.C[NH+](C)C.Fc1c(F)c(F)c([B-](c2c(F)c(F)c(F)c(F)c2F)(c2c(F)c(F)c(F)c(F)c2F)c2c(F)c(F)c(F)c(F)c2F)c(F)c1F.Fc1c(F)c(F)c([B-](c2c(F)c(F)c(F)c(F)c2F)(c2c(F)c(F)c(F)c(F)c2F)c2c(F)c(F)c(F)c(F)c2F)c(F)c1F. The van der Waals surface area contributed by atoms with Crippen molar-refractivity contribution in [2.24, 2.45) is 0 Å². The fourth-order valence-corrected chi connectivity index (χ4v) is 9.75. The Morgan fingerprint density at radius 2 is 0.153 bits per heavy atom. The molecule has 0 aliphatic carbocycles. The molecule has 0 aliphatic heterocycles. The molecule has 0 aliphatic rings. The molecule has 532 valence electrons. The van der Waals surface area contributed by atoms with E-state index in [0.717, 1.165) is 0 Å². The van der Waals surface area contributed by atoms with Crippen LogP contribution in [0.1, 0.15) is 0 Å². The van der Waals surface area contributed by atoms with E-state index in [1.165, 1.54) is 9.80 Å². The zero-order chi connectivity index (χ0) is 75.9. The molecule has 0 fully saturated rings. The molecule has 0 heterocycles. The minimum absolute atomic E-state index is 1.42. The Labute approximate surface area is 515 Å². The van der Waals surface area contributed by atoms with Crippen LogP contribution in [-0.2, 0) is 0 Å². The Morgan fingerprint density at radius 1 is 0.112 bits per heavy atom. The Hall–Kier alpha value is -8.99. The van der Waals surface area contributed by atoms with Crippen LogP contribution in [0.5, 0.6) is 0 Å². The molecule has 0 atom stereocenters. The Kier molecular flexibility index (Phi) is 23.1. The number of halogens is 40. The lowest BCUT2D eigenvalue weighted by Gasteiger charge is -2.44. The van der Waals surface area contributed by atoms with Crippen LogP contribution < -0.4 is 53.5 Å². The Bertz CT molecular complexity index is 3540. The van der Waals surface area contributed by atoms with Crippen molar-refractivity contribution in [1.29, 1.82) is 0 Å². The molecule has 8 rings (SSSR count). The standard InChI is InChI=1S/2C24BF20.2C3H9N/c2*26-5-1(6(27)14(35)21(42)13(5)34)25(2-7(28)15(36)22(43)16(37)8(2)29,3-9(30)17(38)23(44)18(39)10(3)31)4-11(32)19(40)24(45)20(41)12(4)33;2*1-4(2)3/h;;2*1-3H3/q2*-1;;/p+2. The smallest absolute Gasteiger partial charge is 0.200 e. The van der Waals surface area contributed by atoms with E-state index in [1.807, 2.05) is 0 Å². The summed E-state index contributed by atoms with van der Waals surface area (Å²) in [5, 5.41) is 0. The predicted molar refractivity (Wildman–Crippen MR) is 256 cm³/mol. The molecule has 0 unspecified atom stereocenters. The van der Waals surface area contributed by atoms with E-state index in [4.69, 9.17) is 0 Å². The number of quaternary nitrogens is 2. The van der Waals surface area contributed by atoms with Gasteiger partial charge in [0.15, 0.2) is 140 Å². The molecule has 0 amide bonds. The van der Waals surface area contributed by atoms with Gasteiger partial charge in [-0.2, -0.15) is 0 Å². The highest BCUT2D eigenvalue weighted by Gasteiger charge is 2.55. The van der Waals surface area contributed by atoms with E-state index < -0.39 is 289 Å². The van der Waals surface area contributed by atoms with Gasteiger partial charge in [-0.3, -0.25) is 0 Å². The summed E-state index contributed by atoms with van der Waals surface area (Å²) in [4.78, 5) is 2.83. The fraction of sp³-hybridized carbons (Fsp3) is 0.111. The van der Waals surface area contributed by atoms with Crippen molar-refractivity contribution in [3.63, 3.8) is 0 Å². The maximum Gasteiger partial charge on any atom is 0.200 e. The van der Waals surface area contributed by atoms with Gasteiger partial charge in [-0.15, -0.1) is 43.7 Å². The van der Waals surface area contributed by atoms with Crippen molar-refractivity contribution in [3.8, 4) is 0 Å².